The van der Waals surface area contributed by atoms with Crippen molar-refractivity contribution in [3.63, 3.8) is 0 Å². The van der Waals surface area contributed by atoms with Crippen molar-refractivity contribution in [1.82, 2.24) is 0 Å². The molecule has 0 bridgehead atoms. The van der Waals surface area contributed by atoms with E-state index in [0.717, 1.165) is 16.8 Å². The van der Waals surface area contributed by atoms with Crippen molar-refractivity contribution < 1.29 is 4.79 Å². The molecule has 2 N–H and O–H groups in total. The minimum atomic E-state index is 0.0579. The van der Waals surface area contributed by atoms with Crippen LogP contribution in [0.3, 0.4) is 0 Å². The van der Waals surface area contributed by atoms with Crippen LogP contribution in [-0.2, 0) is 4.79 Å². The number of nitrogens with two attached hydrogens (primary N) is 1. The lowest BCUT2D eigenvalue weighted by molar-refractivity contribution is -0.118. The van der Waals surface area contributed by atoms with Gasteiger partial charge in [0.25, 0.3) is 0 Å². The van der Waals surface area contributed by atoms with E-state index in [4.69, 9.17) is 5.73 Å². The molecule has 0 spiro atoms. The third kappa shape index (κ3) is 3.06. The average Bonchev–Trinajstić information content (AvgIpc) is 2.15. The van der Waals surface area contributed by atoms with E-state index in [1.54, 1.807) is 11.9 Å². The van der Waals surface area contributed by atoms with Crippen molar-refractivity contribution in [1.29, 1.82) is 0 Å². The number of hydrogen-bond acceptors (Lipinski definition) is 2. The van der Waals surface area contributed by atoms with Crippen LogP contribution in [-0.4, -0.2) is 19.5 Å². The zero-order valence-electron chi connectivity index (χ0n) is 9.58. The number of hydrogen-bond donors (Lipinski definition) is 1. The van der Waals surface area contributed by atoms with Gasteiger partial charge in [0.1, 0.15) is 0 Å². The normalized spacial score (nSPS) is 10.1. The van der Waals surface area contributed by atoms with Gasteiger partial charge in [0.05, 0.1) is 0 Å². The van der Waals surface area contributed by atoms with Crippen molar-refractivity contribution in [3.05, 3.63) is 29.3 Å². The maximum Gasteiger partial charge on any atom is 0.227 e. The molecule has 1 aromatic rings. The molecule has 0 unspecified atom stereocenters. The molecule has 0 saturated heterocycles. The number of nitrogens with zero attached hydrogens (tertiary/aromatic N) is 1. The van der Waals surface area contributed by atoms with Crippen LogP contribution in [0.2, 0.25) is 0 Å². The maximum atomic E-state index is 11.6. The summed E-state index contributed by atoms with van der Waals surface area (Å²) in [5, 5.41) is 0. The fourth-order valence-electron chi connectivity index (χ4n) is 1.58. The van der Waals surface area contributed by atoms with Gasteiger partial charge in [-0.1, -0.05) is 6.07 Å². The summed E-state index contributed by atoms with van der Waals surface area (Å²) in [4.78, 5) is 13.3. The lowest BCUT2D eigenvalue weighted by Gasteiger charge is -2.18. The first kappa shape index (κ1) is 11.7. The first-order valence-corrected chi connectivity index (χ1v) is 5.09. The Labute approximate surface area is 90.9 Å². The predicted octanol–water partition coefficient (Wildman–Crippen LogP) is 1.62. The van der Waals surface area contributed by atoms with Crippen LogP contribution < -0.4 is 10.6 Å². The standard InChI is InChI=1S/C12H18N2O/c1-9-6-10(2)8-11(7-9)14(3)12(15)4-5-13/h6-8H,4-5,13H2,1-3H3. The maximum absolute atomic E-state index is 11.6. The molecule has 0 radical (unpaired) electrons. The molecular weight excluding hydrogens is 188 g/mol. The van der Waals surface area contributed by atoms with Crippen molar-refractivity contribution in [2.45, 2.75) is 20.3 Å². The van der Waals surface area contributed by atoms with Gasteiger partial charge in [0, 0.05) is 25.7 Å². The molecule has 0 aliphatic carbocycles. The van der Waals surface area contributed by atoms with Gasteiger partial charge < -0.3 is 10.6 Å². The van der Waals surface area contributed by atoms with Crippen LogP contribution in [0.5, 0.6) is 0 Å². The fourth-order valence-corrected chi connectivity index (χ4v) is 1.58. The lowest BCUT2D eigenvalue weighted by Crippen LogP contribution is -2.28. The van der Waals surface area contributed by atoms with Gasteiger partial charge >= 0.3 is 0 Å². The highest BCUT2D eigenvalue weighted by molar-refractivity contribution is 5.93. The Bertz CT molecular complexity index is 340. The number of aryl methyl sites for hydroxylation is 2. The van der Waals surface area contributed by atoms with Crippen LogP contribution in [0.25, 0.3) is 0 Å². The first-order chi connectivity index (χ1) is 7.04. The number of amides is 1. The highest BCUT2D eigenvalue weighted by atomic mass is 16.2. The van der Waals surface area contributed by atoms with Gasteiger partial charge in [0.2, 0.25) is 5.91 Å². The van der Waals surface area contributed by atoms with E-state index in [1.165, 1.54) is 0 Å². The highest BCUT2D eigenvalue weighted by Crippen LogP contribution is 2.17. The molecule has 3 nitrogen and oxygen atoms in total. The zero-order valence-corrected chi connectivity index (χ0v) is 9.58. The molecule has 0 aliphatic rings. The van der Waals surface area contributed by atoms with E-state index >= 15 is 0 Å². The van der Waals surface area contributed by atoms with E-state index in [-0.39, 0.29) is 5.91 Å². The largest absolute Gasteiger partial charge is 0.330 e. The Kier molecular flexibility index (Phi) is 3.86. The van der Waals surface area contributed by atoms with Crippen molar-refractivity contribution in [2.24, 2.45) is 5.73 Å². The summed E-state index contributed by atoms with van der Waals surface area (Å²) in [5.41, 5.74) is 8.62. The third-order valence-corrected chi connectivity index (χ3v) is 2.33. The summed E-state index contributed by atoms with van der Waals surface area (Å²) in [6, 6.07) is 6.09. The van der Waals surface area contributed by atoms with E-state index in [1.807, 2.05) is 26.0 Å². The number of carbonyl (C=O) groups is 1. The number of anilines is 1. The smallest absolute Gasteiger partial charge is 0.227 e. The molecule has 0 aromatic heterocycles. The van der Waals surface area contributed by atoms with E-state index in [0.29, 0.717) is 13.0 Å². The molecule has 0 atom stereocenters. The number of benzene rings is 1. The van der Waals surface area contributed by atoms with Crippen LogP contribution in [0.4, 0.5) is 5.69 Å². The molecule has 1 rings (SSSR count). The van der Waals surface area contributed by atoms with Gasteiger partial charge in [-0.25, -0.2) is 0 Å². The van der Waals surface area contributed by atoms with Gasteiger partial charge in [-0.3, -0.25) is 4.79 Å². The summed E-state index contributed by atoms with van der Waals surface area (Å²) >= 11 is 0. The molecule has 1 amide bonds. The summed E-state index contributed by atoms with van der Waals surface area (Å²) < 4.78 is 0. The van der Waals surface area contributed by atoms with Gasteiger partial charge in [0.15, 0.2) is 0 Å². The first-order valence-electron chi connectivity index (χ1n) is 5.09. The molecule has 82 valence electrons. The second-order valence-electron chi connectivity index (χ2n) is 3.84. The van der Waals surface area contributed by atoms with Gasteiger partial charge in [-0.15, -0.1) is 0 Å². The van der Waals surface area contributed by atoms with E-state index in [2.05, 4.69) is 6.07 Å². The molecule has 1 aromatic carbocycles. The molecule has 0 fully saturated rings. The summed E-state index contributed by atoms with van der Waals surface area (Å²) in [6.45, 7) is 4.45. The van der Waals surface area contributed by atoms with Crippen LogP contribution in [0, 0.1) is 13.8 Å². The Morgan fingerprint density at radius 1 is 1.27 bits per heavy atom. The summed E-state index contributed by atoms with van der Waals surface area (Å²) in [6.07, 6.45) is 0.392. The fraction of sp³-hybridized carbons (Fsp3) is 0.417. The Morgan fingerprint density at radius 3 is 2.27 bits per heavy atom. The van der Waals surface area contributed by atoms with Crippen molar-refractivity contribution in [2.75, 3.05) is 18.5 Å². The zero-order chi connectivity index (χ0) is 11.4. The van der Waals surface area contributed by atoms with Gasteiger partial charge in [-0.2, -0.15) is 0 Å². The van der Waals surface area contributed by atoms with Gasteiger partial charge in [-0.05, 0) is 37.1 Å². The average molecular weight is 206 g/mol. The molecule has 0 heterocycles. The molecule has 0 saturated carbocycles. The second kappa shape index (κ2) is 4.94. The van der Waals surface area contributed by atoms with Crippen LogP contribution >= 0.6 is 0 Å². The Hall–Kier alpha value is -1.35. The van der Waals surface area contributed by atoms with E-state index in [9.17, 15) is 4.79 Å². The lowest BCUT2D eigenvalue weighted by atomic mass is 10.1. The second-order valence-corrected chi connectivity index (χ2v) is 3.84. The Morgan fingerprint density at radius 2 is 1.80 bits per heavy atom. The molecule has 0 aliphatic heterocycles. The van der Waals surface area contributed by atoms with Crippen LogP contribution in [0.15, 0.2) is 18.2 Å². The number of rotatable bonds is 3. The minimum Gasteiger partial charge on any atom is -0.330 e. The van der Waals surface area contributed by atoms with Crippen molar-refractivity contribution >= 4 is 11.6 Å². The molecule has 15 heavy (non-hydrogen) atoms. The predicted molar refractivity (Wildman–Crippen MR) is 63.0 cm³/mol. The highest BCUT2D eigenvalue weighted by Gasteiger charge is 2.09. The SMILES string of the molecule is Cc1cc(C)cc(N(C)C(=O)CCN)c1. The van der Waals surface area contributed by atoms with Crippen molar-refractivity contribution in [3.8, 4) is 0 Å². The minimum absolute atomic E-state index is 0.0579. The summed E-state index contributed by atoms with van der Waals surface area (Å²) in [7, 11) is 1.78. The quantitative estimate of drug-likeness (QED) is 0.816. The Balaban J connectivity index is 2.90. The number of carbonyl (C=O) groups excluding carboxylic acids is 1. The molecule has 3 heteroatoms. The summed E-state index contributed by atoms with van der Waals surface area (Å²) in [5.74, 6) is 0.0579. The topological polar surface area (TPSA) is 46.3 Å². The third-order valence-electron chi connectivity index (χ3n) is 2.33. The molecular formula is C12H18N2O. The monoisotopic (exact) mass is 206 g/mol. The van der Waals surface area contributed by atoms with E-state index < -0.39 is 0 Å². The van der Waals surface area contributed by atoms with Crippen LogP contribution in [0.1, 0.15) is 17.5 Å².